The molecule has 1 rings (SSSR count). The van der Waals surface area contributed by atoms with Crippen LogP contribution in [0.25, 0.3) is 0 Å². The Labute approximate surface area is 109 Å². The lowest BCUT2D eigenvalue weighted by Crippen LogP contribution is -2.49. The van der Waals surface area contributed by atoms with Gasteiger partial charge in [-0.3, -0.25) is 0 Å². The van der Waals surface area contributed by atoms with E-state index in [1.807, 2.05) is 0 Å². The fourth-order valence-corrected chi connectivity index (χ4v) is 3.87. The highest BCUT2D eigenvalue weighted by Crippen LogP contribution is 2.28. The molecule has 0 aromatic rings. The molecule has 0 aliphatic heterocycles. The van der Waals surface area contributed by atoms with E-state index in [0.717, 1.165) is 12.8 Å². The normalized spacial score (nSPS) is 23.9. The second-order valence-corrected chi connectivity index (χ2v) is 6.97. The number of ether oxygens (including phenoxy) is 1. The maximum absolute atomic E-state index is 11.8. The van der Waals surface area contributed by atoms with Gasteiger partial charge in [0, 0.05) is 33.0 Å². The number of nitrogens with one attached hydrogen (secondary N) is 1. The summed E-state index contributed by atoms with van der Waals surface area (Å²) in [5.74, 6) is 0. The van der Waals surface area contributed by atoms with Gasteiger partial charge in [0.05, 0.1) is 11.9 Å². The predicted octanol–water partition coefficient (Wildman–Crippen LogP) is 0.240. The first-order chi connectivity index (χ1) is 8.38. The number of nitrogens with zero attached hydrogens (tertiary/aromatic N) is 1. The third-order valence-corrected chi connectivity index (χ3v) is 5.02. The number of hydrogen-bond acceptors (Lipinski definition) is 4. The van der Waals surface area contributed by atoms with Gasteiger partial charge in [-0.15, -0.1) is 0 Å². The molecular weight excluding hydrogens is 256 g/mol. The minimum atomic E-state index is -3.10. The average Bonchev–Trinajstić information content (AvgIpc) is 2.76. The smallest absolute Gasteiger partial charge is 0.317 e. The molecule has 2 atom stereocenters. The van der Waals surface area contributed by atoms with Gasteiger partial charge in [0.25, 0.3) is 0 Å². The first kappa shape index (κ1) is 15.2. The van der Waals surface area contributed by atoms with Crippen molar-refractivity contribution in [1.82, 2.24) is 10.2 Å². The second kappa shape index (κ2) is 6.38. The predicted molar refractivity (Wildman–Crippen MR) is 69.3 cm³/mol. The van der Waals surface area contributed by atoms with Gasteiger partial charge in [-0.25, -0.2) is 13.2 Å². The van der Waals surface area contributed by atoms with Crippen molar-refractivity contribution in [1.29, 1.82) is 0 Å². The monoisotopic (exact) mass is 278 g/mol. The zero-order valence-corrected chi connectivity index (χ0v) is 12.0. The highest BCUT2D eigenvalue weighted by Gasteiger charge is 2.38. The van der Waals surface area contributed by atoms with E-state index in [0.29, 0.717) is 19.6 Å². The summed E-state index contributed by atoms with van der Waals surface area (Å²) < 4.78 is 28.1. The van der Waals surface area contributed by atoms with Crippen LogP contribution in [0, 0.1) is 0 Å². The largest absolute Gasteiger partial charge is 0.383 e. The highest BCUT2D eigenvalue weighted by atomic mass is 32.2. The third-order valence-electron chi connectivity index (χ3n) is 3.37. The molecule has 0 saturated heterocycles. The van der Waals surface area contributed by atoms with Crippen LogP contribution in [0.5, 0.6) is 0 Å². The van der Waals surface area contributed by atoms with Gasteiger partial charge < -0.3 is 15.0 Å². The zero-order valence-electron chi connectivity index (χ0n) is 11.2. The zero-order chi connectivity index (χ0) is 13.8. The van der Waals surface area contributed by atoms with Gasteiger partial charge in [0.2, 0.25) is 0 Å². The van der Waals surface area contributed by atoms with Crippen molar-refractivity contribution in [2.75, 3.05) is 33.6 Å². The maximum Gasteiger partial charge on any atom is 0.317 e. The lowest BCUT2D eigenvalue weighted by Gasteiger charge is -2.28. The lowest BCUT2D eigenvalue weighted by molar-refractivity contribution is 0.175. The van der Waals surface area contributed by atoms with Crippen LogP contribution in [0.4, 0.5) is 4.79 Å². The molecule has 106 valence electrons. The van der Waals surface area contributed by atoms with Crippen LogP contribution in [-0.4, -0.2) is 64.2 Å². The molecule has 2 amide bonds. The summed E-state index contributed by atoms with van der Waals surface area (Å²) in [6, 6.07) is -0.463. The summed E-state index contributed by atoms with van der Waals surface area (Å²) in [6.07, 6.45) is 3.47. The molecule has 0 heterocycles. The van der Waals surface area contributed by atoms with Crippen molar-refractivity contribution in [3.63, 3.8) is 0 Å². The van der Waals surface area contributed by atoms with Gasteiger partial charge in [-0.1, -0.05) is 0 Å². The molecule has 0 radical (unpaired) electrons. The van der Waals surface area contributed by atoms with Crippen molar-refractivity contribution < 1.29 is 17.9 Å². The van der Waals surface area contributed by atoms with Crippen molar-refractivity contribution in [2.24, 2.45) is 0 Å². The number of methoxy groups -OCH3 is 1. The number of sulfone groups is 1. The molecule has 0 unspecified atom stereocenters. The quantitative estimate of drug-likeness (QED) is 0.731. The molecular formula is C11H22N2O4S. The molecule has 1 fully saturated rings. The minimum absolute atomic E-state index is 0.220. The average molecular weight is 278 g/mol. The molecule has 0 aromatic carbocycles. The summed E-state index contributed by atoms with van der Waals surface area (Å²) in [6.45, 7) is 0.871. The van der Waals surface area contributed by atoms with E-state index in [-0.39, 0.29) is 12.1 Å². The van der Waals surface area contributed by atoms with Crippen molar-refractivity contribution in [2.45, 2.75) is 30.6 Å². The Bertz CT molecular complexity index is 383. The molecule has 18 heavy (non-hydrogen) atoms. The fourth-order valence-electron chi connectivity index (χ4n) is 2.38. The number of rotatable bonds is 5. The Kier molecular flexibility index (Phi) is 5.40. The molecule has 0 bridgehead atoms. The van der Waals surface area contributed by atoms with E-state index in [9.17, 15) is 13.2 Å². The summed E-state index contributed by atoms with van der Waals surface area (Å²) in [5.41, 5.74) is 0. The van der Waals surface area contributed by atoms with Gasteiger partial charge in [-0.05, 0) is 19.3 Å². The van der Waals surface area contributed by atoms with E-state index in [4.69, 9.17) is 4.74 Å². The number of carbonyl (C=O) groups is 1. The number of carbonyl (C=O) groups excluding carboxylic acids is 1. The molecule has 6 nitrogen and oxygen atoms in total. The molecule has 7 heteroatoms. The summed E-state index contributed by atoms with van der Waals surface area (Å²) >= 11 is 0. The van der Waals surface area contributed by atoms with Crippen molar-refractivity contribution in [3.8, 4) is 0 Å². The van der Waals surface area contributed by atoms with E-state index in [1.54, 1.807) is 14.2 Å². The lowest BCUT2D eigenvalue weighted by atomic mass is 10.2. The molecule has 0 aromatic heterocycles. The van der Waals surface area contributed by atoms with Crippen LogP contribution in [-0.2, 0) is 14.6 Å². The van der Waals surface area contributed by atoms with E-state index < -0.39 is 15.1 Å². The van der Waals surface area contributed by atoms with Crippen LogP contribution in [0.15, 0.2) is 0 Å². The van der Waals surface area contributed by atoms with Gasteiger partial charge >= 0.3 is 6.03 Å². The molecule has 1 saturated carbocycles. The molecule has 1 aliphatic rings. The van der Waals surface area contributed by atoms with Crippen LogP contribution >= 0.6 is 0 Å². The number of hydrogen-bond donors (Lipinski definition) is 1. The standard InChI is InChI=1S/C11H22N2O4S/c1-13(11(14)12-7-8-17-2)9-5-4-6-10(9)18(3,15)16/h9-10H,4-8H2,1-3H3,(H,12,14)/t9-,10+/m1/s1. The first-order valence-electron chi connectivity index (χ1n) is 6.06. The Balaban J connectivity index is 2.60. The maximum atomic E-state index is 11.8. The molecule has 1 aliphatic carbocycles. The first-order valence-corrected chi connectivity index (χ1v) is 8.02. The van der Waals surface area contributed by atoms with Crippen molar-refractivity contribution in [3.05, 3.63) is 0 Å². The van der Waals surface area contributed by atoms with E-state index in [1.165, 1.54) is 11.2 Å². The number of urea groups is 1. The van der Waals surface area contributed by atoms with Gasteiger partial charge in [0.1, 0.15) is 0 Å². The van der Waals surface area contributed by atoms with E-state index in [2.05, 4.69) is 5.32 Å². The Morgan fingerprint density at radius 3 is 2.67 bits per heavy atom. The van der Waals surface area contributed by atoms with Crippen LogP contribution < -0.4 is 5.32 Å². The Morgan fingerprint density at radius 2 is 2.11 bits per heavy atom. The van der Waals surface area contributed by atoms with Crippen LogP contribution in [0.1, 0.15) is 19.3 Å². The summed E-state index contributed by atoms with van der Waals surface area (Å²) in [5, 5.41) is 2.26. The van der Waals surface area contributed by atoms with Crippen LogP contribution in [0.2, 0.25) is 0 Å². The molecule has 1 N–H and O–H groups in total. The third kappa shape index (κ3) is 3.84. The highest BCUT2D eigenvalue weighted by molar-refractivity contribution is 7.91. The van der Waals surface area contributed by atoms with Crippen molar-refractivity contribution >= 4 is 15.9 Å². The Morgan fingerprint density at radius 1 is 1.44 bits per heavy atom. The Hall–Kier alpha value is -0.820. The SMILES string of the molecule is COCCNC(=O)N(C)[C@@H]1CCC[C@@H]1S(C)(=O)=O. The molecule has 0 spiro atoms. The van der Waals surface area contributed by atoms with E-state index >= 15 is 0 Å². The summed E-state index contributed by atoms with van der Waals surface area (Å²) in [7, 11) is 0.109. The minimum Gasteiger partial charge on any atom is -0.383 e. The summed E-state index contributed by atoms with van der Waals surface area (Å²) in [4.78, 5) is 13.4. The fraction of sp³-hybridized carbons (Fsp3) is 0.909. The van der Waals surface area contributed by atoms with Gasteiger partial charge in [-0.2, -0.15) is 0 Å². The number of amides is 2. The van der Waals surface area contributed by atoms with Crippen LogP contribution in [0.3, 0.4) is 0 Å². The topological polar surface area (TPSA) is 75.7 Å². The van der Waals surface area contributed by atoms with Gasteiger partial charge in [0.15, 0.2) is 9.84 Å². The second-order valence-electron chi connectivity index (χ2n) is 4.70.